The molecule has 0 radical (unpaired) electrons. The third-order valence-corrected chi connectivity index (χ3v) is 9.15. The second kappa shape index (κ2) is 15.0. The summed E-state index contributed by atoms with van der Waals surface area (Å²) in [5.41, 5.74) is 0. The van der Waals surface area contributed by atoms with Gasteiger partial charge in [0.05, 0.1) is 38.6 Å². The van der Waals surface area contributed by atoms with Gasteiger partial charge in [-0.05, 0) is 74.9 Å². The first-order valence-corrected chi connectivity index (χ1v) is 17.7. The molecule has 6 heterocycles. The highest BCUT2D eigenvalue weighted by molar-refractivity contribution is 5.01. The molecule has 0 amide bonds. The Bertz CT molecular complexity index is 1010. The number of fused-ring (bicyclic) bond motifs is 6. The average molecular weight is 707 g/mol. The van der Waals surface area contributed by atoms with E-state index in [9.17, 15) is 10.2 Å². The second-order valence-electron chi connectivity index (χ2n) is 15.6. The van der Waals surface area contributed by atoms with Crippen molar-refractivity contribution in [2.75, 3.05) is 52.6 Å². The van der Waals surface area contributed by atoms with Gasteiger partial charge in [0.25, 0.3) is 0 Å². The number of nitrogens with one attached hydrogen (secondary N) is 2. The number of ether oxygens (including phenoxy) is 12. The fourth-order valence-electron chi connectivity index (χ4n) is 7.29. The predicted molar refractivity (Wildman–Crippen MR) is 169 cm³/mol. The Hall–Kier alpha value is -0.640. The van der Waals surface area contributed by atoms with Gasteiger partial charge < -0.3 is 77.7 Å². The first kappa shape index (κ1) is 38.1. The van der Waals surface area contributed by atoms with Crippen LogP contribution >= 0.6 is 0 Å². The van der Waals surface area contributed by atoms with Gasteiger partial charge in [-0.2, -0.15) is 0 Å². The molecule has 2 unspecified atom stereocenters. The molecule has 284 valence electrons. The number of aliphatic hydroxyl groups excluding tert-OH is 2. The van der Waals surface area contributed by atoms with Crippen LogP contribution in [0.2, 0.25) is 0 Å². The minimum absolute atomic E-state index is 0.139. The molecule has 4 N–H and O–H groups in total. The lowest BCUT2D eigenvalue weighted by molar-refractivity contribution is -0.244. The molecule has 6 aliphatic rings. The maximum absolute atomic E-state index is 10.4. The van der Waals surface area contributed by atoms with Gasteiger partial charge in [-0.15, -0.1) is 0 Å². The van der Waals surface area contributed by atoms with Gasteiger partial charge in [-0.25, -0.2) is 0 Å². The van der Waals surface area contributed by atoms with Crippen LogP contribution < -0.4 is 10.6 Å². The van der Waals surface area contributed by atoms with Crippen molar-refractivity contribution in [1.82, 2.24) is 10.6 Å². The third-order valence-electron chi connectivity index (χ3n) is 9.15. The Balaban J connectivity index is 0.804. The summed E-state index contributed by atoms with van der Waals surface area (Å²) in [5, 5.41) is 27.3. The summed E-state index contributed by atoms with van der Waals surface area (Å²) in [7, 11) is 0. The highest BCUT2D eigenvalue weighted by Gasteiger charge is 2.62. The lowest BCUT2D eigenvalue weighted by atomic mass is 9.99. The monoisotopic (exact) mass is 706 g/mol. The van der Waals surface area contributed by atoms with Gasteiger partial charge in [-0.1, -0.05) is 0 Å². The Kier molecular flexibility index (Phi) is 11.7. The lowest BCUT2D eigenvalue weighted by Crippen LogP contribution is -2.56. The fraction of sp³-hybridized carbons (Fsp3) is 1.00. The molecule has 6 aliphatic heterocycles. The highest BCUT2D eigenvalue weighted by atomic mass is 16.9. The number of hydrogen-bond acceptors (Lipinski definition) is 16. The predicted octanol–water partition coefficient (Wildman–Crippen LogP) is 0.104. The van der Waals surface area contributed by atoms with Gasteiger partial charge in [-0.3, -0.25) is 0 Å². The molecule has 0 saturated carbocycles. The molecule has 12 atom stereocenters. The van der Waals surface area contributed by atoms with Gasteiger partial charge >= 0.3 is 0 Å². The standard InChI is InChI=1S/C33H58N2O14/c1-30(2)42-22-20(40-28-26(24(22)44-30)46-32(5,6)48-28)16-38-14-18(36)12-34-10-9-11-35-13-19(37)15-39-17-21-23-25(45-31(3,4)43-23)27-29(41-21)49-33(7,8)47-27/h18-29,34-37H,9-17H2,1-8H3/t18?,19?,20-,21-,22+,23+,24+,25+,26-,27-,28-,29-/m1/s1. The summed E-state index contributed by atoms with van der Waals surface area (Å²) in [4.78, 5) is 0. The van der Waals surface area contributed by atoms with Gasteiger partial charge in [0.15, 0.2) is 35.7 Å². The van der Waals surface area contributed by atoms with Gasteiger partial charge in [0.1, 0.15) is 48.8 Å². The molecular formula is C33H58N2O14. The Labute approximate surface area is 288 Å². The van der Waals surface area contributed by atoms with Crippen molar-refractivity contribution in [3.05, 3.63) is 0 Å². The molecule has 0 spiro atoms. The van der Waals surface area contributed by atoms with Crippen molar-refractivity contribution in [3.8, 4) is 0 Å². The minimum Gasteiger partial charge on any atom is -0.389 e. The van der Waals surface area contributed by atoms with Crippen LogP contribution in [-0.2, 0) is 56.8 Å². The first-order valence-electron chi connectivity index (χ1n) is 17.7. The van der Waals surface area contributed by atoms with Crippen LogP contribution in [0.5, 0.6) is 0 Å². The summed E-state index contributed by atoms with van der Waals surface area (Å²) in [6.07, 6.45) is -4.79. The van der Waals surface area contributed by atoms with Crippen LogP contribution in [0.15, 0.2) is 0 Å². The van der Waals surface area contributed by atoms with E-state index in [1.807, 2.05) is 55.4 Å². The normalized spacial score (nSPS) is 40.8. The zero-order chi connectivity index (χ0) is 35.2. The minimum atomic E-state index is -0.782. The number of aliphatic hydroxyl groups is 2. The summed E-state index contributed by atoms with van der Waals surface area (Å²) < 4.78 is 72.4. The molecule has 16 nitrogen and oxygen atoms in total. The van der Waals surface area contributed by atoms with E-state index in [1.54, 1.807) is 0 Å². The maximum atomic E-state index is 10.4. The smallest absolute Gasteiger partial charge is 0.190 e. The van der Waals surface area contributed by atoms with Crippen molar-refractivity contribution < 1.29 is 67.1 Å². The summed E-state index contributed by atoms with van der Waals surface area (Å²) in [6, 6.07) is 0. The fourth-order valence-corrected chi connectivity index (χ4v) is 7.29. The van der Waals surface area contributed by atoms with E-state index in [0.717, 1.165) is 6.42 Å². The molecule has 0 aliphatic carbocycles. The summed E-state index contributed by atoms with van der Waals surface area (Å²) >= 11 is 0. The second-order valence-corrected chi connectivity index (χ2v) is 15.6. The SMILES string of the molecule is CC1(C)O[C@H]2[C@@H](O1)[C@@H](COCC(O)CNCCCNCC(O)COC[C@H]1O[C@@H]3OC(C)(C)O[C@@H]3[C@H]3OC(C)(C)O[C@H]31)O[C@@H]1OC(C)(C)O[C@@H]12. The Morgan fingerprint density at radius 1 is 0.510 bits per heavy atom. The maximum Gasteiger partial charge on any atom is 0.190 e. The van der Waals surface area contributed by atoms with E-state index < -0.39 is 60.1 Å². The number of rotatable bonds is 16. The molecular weight excluding hydrogens is 648 g/mol. The van der Waals surface area contributed by atoms with Crippen molar-refractivity contribution in [1.29, 1.82) is 0 Å². The zero-order valence-corrected chi connectivity index (χ0v) is 30.1. The van der Waals surface area contributed by atoms with E-state index in [1.165, 1.54) is 0 Å². The van der Waals surface area contributed by atoms with Crippen LogP contribution in [0.3, 0.4) is 0 Å². The quantitative estimate of drug-likeness (QED) is 0.159. The van der Waals surface area contributed by atoms with E-state index >= 15 is 0 Å². The van der Waals surface area contributed by atoms with Crippen LogP contribution in [0.1, 0.15) is 61.8 Å². The van der Waals surface area contributed by atoms with E-state index in [4.69, 9.17) is 56.8 Å². The molecule has 16 heteroatoms. The molecule has 6 rings (SSSR count). The molecule has 0 aromatic heterocycles. The van der Waals surface area contributed by atoms with E-state index in [2.05, 4.69) is 10.6 Å². The Morgan fingerprint density at radius 3 is 1.27 bits per heavy atom. The Morgan fingerprint density at radius 2 is 0.857 bits per heavy atom. The van der Waals surface area contributed by atoms with Crippen LogP contribution in [-0.4, -0.2) is 160 Å². The van der Waals surface area contributed by atoms with Gasteiger partial charge in [0.2, 0.25) is 0 Å². The van der Waals surface area contributed by atoms with E-state index in [-0.39, 0.29) is 63.1 Å². The molecule has 0 aromatic carbocycles. The lowest BCUT2D eigenvalue weighted by Gasteiger charge is -2.37. The van der Waals surface area contributed by atoms with Crippen molar-refractivity contribution in [2.24, 2.45) is 0 Å². The molecule has 0 bridgehead atoms. The van der Waals surface area contributed by atoms with E-state index in [0.29, 0.717) is 26.2 Å². The average Bonchev–Trinajstić information content (AvgIpc) is 3.69. The van der Waals surface area contributed by atoms with Crippen LogP contribution in [0.25, 0.3) is 0 Å². The van der Waals surface area contributed by atoms with Crippen molar-refractivity contribution in [3.63, 3.8) is 0 Å². The largest absolute Gasteiger partial charge is 0.389 e. The number of hydrogen-bond donors (Lipinski definition) is 4. The summed E-state index contributed by atoms with van der Waals surface area (Å²) in [6.45, 7) is 17.7. The molecule has 0 aromatic rings. The highest BCUT2D eigenvalue weighted by Crippen LogP contribution is 2.45. The third kappa shape index (κ3) is 9.48. The molecule has 6 saturated heterocycles. The van der Waals surface area contributed by atoms with Crippen LogP contribution in [0.4, 0.5) is 0 Å². The van der Waals surface area contributed by atoms with Crippen LogP contribution in [0, 0.1) is 0 Å². The first-order chi connectivity index (χ1) is 23.0. The topological polar surface area (TPSA) is 175 Å². The van der Waals surface area contributed by atoms with Gasteiger partial charge in [0, 0.05) is 13.1 Å². The molecule has 6 fully saturated rings. The van der Waals surface area contributed by atoms with Crippen molar-refractivity contribution in [2.45, 2.75) is 159 Å². The molecule has 49 heavy (non-hydrogen) atoms. The summed E-state index contributed by atoms with van der Waals surface area (Å²) in [5.74, 6) is -3.11. The zero-order valence-electron chi connectivity index (χ0n) is 30.1. The van der Waals surface area contributed by atoms with Crippen molar-refractivity contribution >= 4 is 0 Å².